The molecule has 0 bridgehead atoms. The number of aromatic amines is 1. The molecule has 1 heterocycles. The maximum atomic E-state index is 12.4. The van der Waals surface area contributed by atoms with Crippen molar-refractivity contribution in [3.8, 4) is 0 Å². The summed E-state index contributed by atoms with van der Waals surface area (Å²) in [5.41, 5.74) is 1.71. The summed E-state index contributed by atoms with van der Waals surface area (Å²) in [5.74, 6) is -1.35. The summed E-state index contributed by atoms with van der Waals surface area (Å²) in [6, 6.07) is 13.7. The van der Waals surface area contributed by atoms with Gasteiger partial charge in [0.25, 0.3) is 5.91 Å². The van der Waals surface area contributed by atoms with Gasteiger partial charge in [0.2, 0.25) is 0 Å². The number of anilines is 1. The fraction of sp³-hybridized carbons (Fsp3) is 0.150. The number of esters is 1. The number of benzene rings is 2. The molecule has 0 radical (unpaired) electrons. The SMILES string of the molecule is CC(=O)c1cccc(NC(=O)C(C)OC(=O)c2[nH]c3ccccc3c2Cl)c1. The number of nitrogens with one attached hydrogen (secondary N) is 2. The Labute approximate surface area is 160 Å². The molecular weight excluding hydrogens is 368 g/mol. The largest absolute Gasteiger partial charge is 0.448 e. The zero-order valence-corrected chi connectivity index (χ0v) is 15.5. The Hall–Kier alpha value is -3.12. The smallest absolute Gasteiger partial charge is 0.357 e. The first-order valence-corrected chi connectivity index (χ1v) is 8.63. The number of aromatic nitrogens is 1. The lowest BCUT2D eigenvalue weighted by Gasteiger charge is -2.13. The van der Waals surface area contributed by atoms with E-state index in [9.17, 15) is 14.4 Å². The van der Waals surface area contributed by atoms with Gasteiger partial charge in [0.05, 0.1) is 5.02 Å². The number of hydrogen-bond donors (Lipinski definition) is 2. The van der Waals surface area contributed by atoms with E-state index in [0.29, 0.717) is 22.2 Å². The lowest BCUT2D eigenvalue weighted by Crippen LogP contribution is -2.30. The van der Waals surface area contributed by atoms with E-state index in [1.807, 2.05) is 12.1 Å². The first-order valence-electron chi connectivity index (χ1n) is 8.26. The van der Waals surface area contributed by atoms with E-state index < -0.39 is 18.0 Å². The average Bonchev–Trinajstić information content (AvgIpc) is 2.99. The van der Waals surface area contributed by atoms with Crippen LogP contribution in [0.3, 0.4) is 0 Å². The quantitative estimate of drug-likeness (QED) is 0.509. The van der Waals surface area contributed by atoms with E-state index in [-0.39, 0.29) is 16.5 Å². The monoisotopic (exact) mass is 384 g/mol. The molecule has 27 heavy (non-hydrogen) atoms. The van der Waals surface area contributed by atoms with Gasteiger partial charge in [-0.05, 0) is 32.0 Å². The summed E-state index contributed by atoms with van der Waals surface area (Å²) in [6.07, 6.45) is -1.05. The van der Waals surface area contributed by atoms with Crippen LogP contribution >= 0.6 is 11.6 Å². The molecule has 6 nitrogen and oxygen atoms in total. The van der Waals surface area contributed by atoms with Gasteiger partial charge in [-0.2, -0.15) is 0 Å². The van der Waals surface area contributed by atoms with Crippen LogP contribution in [0.2, 0.25) is 5.02 Å². The van der Waals surface area contributed by atoms with E-state index in [2.05, 4.69) is 10.3 Å². The lowest BCUT2D eigenvalue weighted by molar-refractivity contribution is -0.123. The van der Waals surface area contributed by atoms with E-state index in [1.54, 1.807) is 36.4 Å². The summed E-state index contributed by atoms with van der Waals surface area (Å²) in [4.78, 5) is 39.0. The molecular formula is C20H17ClN2O4. The molecule has 0 saturated heterocycles. The van der Waals surface area contributed by atoms with Gasteiger partial charge in [-0.3, -0.25) is 9.59 Å². The van der Waals surface area contributed by atoms with E-state index in [4.69, 9.17) is 16.3 Å². The number of carbonyl (C=O) groups is 3. The van der Waals surface area contributed by atoms with Crippen molar-refractivity contribution in [1.82, 2.24) is 4.98 Å². The van der Waals surface area contributed by atoms with E-state index in [1.165, 1.54) is 13.8 Å². The molecule has 1 atom stereocenters. The summed E-state index contributed by atoms with van der Waals surface area (Å²) >= 11 is 6.23. The molecule has 0 aliphatic heterocycles. The van der Waals surface area contributed by atoms with Crippen LogP contribution in [-0.2, 0) is 9.53 Å². The minimum atomic E-state index is -1.05. The molecule has 3 rings (SSSR count). The standard InChI is InChI=1S/C20H17ClN2O4/c1-11(24)13-6-5-7-14(10-13)22-19(25)12(2)27-20(26)18-17(21)15-8-3-4-9-16(15)23-18/h3-10,12,23H,1-2H3,(H,22,25). The molecule has 0 fully saturated rings. The number of hydrogen-bond acceptors (Lipinski definition) is 4. The van der Waals surface area contributed by atoms with Gasteiger partial charge in [-0.15, -0.1) is 0 Å². The molecule has 1 aromatic heterocycles. The molecule has 138 valence electrons. The Morgan fingerprint density at radius 1 is 1.11 bits per heavy atom. The number of ketones is 1. The van der Waals surface area contributed by atoms with Crippen LogP contribution in [0.4, 0.5) is 5.69 Å². The molecule has 2 aromatic carbocycles. The van der Waals surface area contributed by atoms with Crippen LogP contribution in [0.1, 0.15) is 34.7 Å². The van der Waals surface area contributed by atoms with Crippen molar-refractivity contribution >= 4 is 45.9 Å². The minimum absolute atomic E-state index is 0.0936. The Kier molecular flexibility index (Phi) is 5.28. The second-order valence-electron chi connectivity index (χ2n) is 6.03. The fourth-order valence-electron chi connectivity index (χ4n) is 2.58. The van der Waals surface area contributed by atoms with Gasteiger partial charge >= 0.3 is 5.97 Å². The fourth-order valence-corrected chi connectivity index (χ4v) is 2.87. The van der Waals surface area contributed by atoms with Crippen molar-refractivity contribution in [3.63, 3.8) is 0 Å². The summed E-state index contributed by atoms with van der Waals surface area (Å²) < 4.78 is 5.22. The van der Waals surface area contributed by atoms with Crippen molar-refractivity contribution in [3.05, 3.63) is 64.8 Å². The van der Waals surface area contributed by atoms with Crippen LogP contribution in [0.25, 0.3) is 10.9 Å². The molecule has 1 unspecified atom stereocenters. The maximum absolute atomic E-state index is 12.4. The van der Waals surface area contributed by atoms with Gasteiger partial charge in [-0.25, -0.2) is 4.79 Å². The van der Waals surface area contributed by atoms with E-state index >= 15 is 0 Å². The highest BCUT2D eigenvalue weighted by Gasteiger charge is 2.23. The second kappa shape index (κ2) is 7.63. The predicted molar refractivity (Wildman–Crippen MR) is 103 cm³/mol. The number of H-pyrrole nitrogens is 1. The third-order valence-corrected chi connectivity index (χ3v) is 4.43. The molecule has 0 aliphatic carbocycles. The van der Waals surface area contributed by atoms with Gasteiger partial charge in [0.1, 0.15) is 5.69 Å². The number of carbonyl (C=O) groups excluding carboxylic acids is 3. The summed E-state index contributed by atoms with van der Waals surface area (Å²) in [5, 5.41) is 3.57. The number of amides is 1. The number of para-hydroxylation sites is 1. The first-order chi connectivity index (χ1) is 12.9. The van der Waals surface area contributed by atoms with Crippen molar-refractivity contribution < 1.29 is 19.1 Å². The predicted octanol–water partition coefficient (Wildman–Crippen LogP) is 4.21. The molecule has 0 aliphatic rings. The van der Waals surface area contributed by atoms with Crippen LogP contribution in [-0.4, -0.2) is 28.7 Å². The molecule has 3 aromatic rings. The lowest BCUT2D eigenvalue weighted by atomic mass is 10.1. The van der Waals surface area contributed by atoms with Crippen molar-refractivity contribution in [1.29, 1.82) is 0 Å². The number of ether oxygens (including phenoxy) is 1. The third kappa shape index (κ3) is 4.01. The van der Waals surface area contributed by atoms with Crippen molar-refractivity contribution in [2.75, 3.05) is 5.32 Å². The molecule has 0 saturated carbocycles. The normalized spacial score (nSPS) is 11.8. The number of Topliss-reactive ketones (excluding diaryl/α,β-unsaturated/α-hetero) is 1. The van der Waals surface area contributed by atoms with Crippen LogP contribution in [0.5, 0.6) is 0 Å². The molecule has 1 amide bonds. The highest BCUT2D eigenvalue weighted by atomic mass is 35.5. The van der Waals surface area contributed by atoms with E-state index in [0.717, 1.165) is 0 Å². The molecule has 2 N–H and O–H groups in total. The topological polar surface area (TPSA) is 88.3 Å². The number of halogens is 1. The maximum Gasteiger partial charge on any atom is 0.357 e. The van der Waals surface area contributed by atoms with Gasteiger partial charge in [-0.1, -0.05) is 41.9 Å². The summed E-state index contributed by atoms with van der Waals surface area (Å²) in [7, 11) is 0. The summed E-state index contributed by atoms with van der Waals surface area (Å²) in [6.45, 7) is 2.90. The minimum Gasteiger partial charge on any atom is -0.448 e. The van der Waals surface area contributed by atoms with Crippen LogP contribution in [0.15, 0.2) is 48.5 Å². The highest BCUT2D eigenvalue weighted by molar-refractivity contribution is 6.38. The molecule has 0 spiro atoms. The van der Waals surface area contributed by atoms with Gasteiger partial charge in [0.15, 0.2) is 11.9 Å². The second-order valence-corrected chi connectivity index (χ2v) is 6.41. The number of fused-ring (bicyclic) bond motifs is 1. The van der Waals surface area contributed by atoms with Crippen molar-refractivity contribution in [2.24, 2.45) is 0 Å². The van der Waals surface area contributed by atoms with Crippen molar-refractivity contribution in [2.45, 2.75) is 20.0 Å². The zero-order valence-electron chi connectivity index (χ0n) is 14.7. The highest BCUT2D eigenvalue weighted by Crippen LogP contribution is 2.27. The third-order valence-electron chi connectivity index (χ3n) is 4.04. The zero-order chi connectivity index (χ0) is 19.6. The van der Waals surface area contributed by atoms with Gasteiger partial charge < -0.3 is 15.0 Å². The van der Waals surface area contributed by atoms with Crippen LogP contribution in [0, 0.1) is 0 Å². The van der Waals surface area contributed by atoms with Crippen LogP contribution < -0.4 is 5.32 Å². The number of rotatable bonds is 5. The Morgan fingerprint density at radius 3 is 2.56 bits per heavy atom. The Balaban J connectivity index is 1.70. The molecule has 7 heteroatoms. The average molecular weight is 385 g/mol. The van der Waals surface area contributed by atoms with Gasteiger partial charge in [0, 0.05) is 22.2 Å². The first kappa shape index (κ1) is 18.7. The Morgan fingerprint density at radius 2 is 1.85 bits per heavy atom. The Bertz CT molecular complexity index is 1040.